The van der Waals surface area contributed by atoms with E-state index in [1.807, 2.05) is 49.4 Å². The fourth-order valence-corrected chi connectivity index (χ4v) is 3.35. The summed E-state index contributed by atoms with van der Waals surface area (Å²) in [5.41, 5.74) is 1.17. The molecule has 1 atom stereocenters. The smallest absolute Gasteiger partial charge is 0.233 e. The Morgan fingerprint density at radius 3 is 2.48 bits per heavy atom. The third-order valence-corrected chi connectivity index (χ3v) is 4.97. The van der Waals surface area contributed by atoms with Gasteiger partial charge in [-0.3, -0.25) is 4.79 Å². The molecule has 0 aliphatic rings. The van der Waals surface area contributed by atoms with Crippen LogP contribution in [0.5, 0.6) is 11.5 Å². The minimum Gasteiger partial charge on any atom is -0.497 e. The summed E-state index contributed by atoms with van der Waals surface area (Å²) in [7, 11) is 3.32. The largest absolute Gasteiger partial charge is 0.497 e. The highest BCUT2D eigenvalue weighted by Gasteiger charge is 2.14. The highest BCUT2D eigenvalue weighted by molar-refractivity contribution is 8.00. The summed E-state index contributed by atoms with van der Waals surface area (Å²) in [4.78, 5) is 13.3. The van der Waals surface area contributed by atoms with Crippen LogP contribution in [0, 0.1) is 0 Å². The Bertz CT molecular complexity index is 673. The van der Waals surface area contributed by atoms with Crippen molar-refractivity contribution in [1.82, 2.24) is 5.32 Å². The molecule has 0 aliphatic carbocycles. The number of methoxy groups -OCH3 is 2. The van der Waals surface area contributed by atoms with E-state index in [9.17, 15) is 4.79 Å². The molecule has 25 heavy (non-hydrogen) atoms. The standard InChI is InChI=1S/C20H25NO3S/c1-15(25-18-12-10-17(23-2)11-13-18)20(22)21-14-6-8-16-7-4-5-9-19(16)24-3/h4-5,7,9-13,15H,6,8,14H2,1-3H3,(H,21,22)/t15-/m0/s1. The number of carbonyl (C=O) groups is 1. The molecular weight excluding hydrogens is 334 g/mol. The lowest BCUT2D eigenvalue weighted by Gasteiger charge is -2.13. The number of carbonyl (C=O) groups excluding carboxylic acids is 1. The predicted octanol–water partition coefficient (Wildman–Crippen LogP) is 3.93. The van der Waals surface area contributed by atoms with Crippen LogP contribution in [-0.2, 0) is 11.2 Å². The van der Waals surface area contributed by atoms with E-state index >= 15 is 0 Å². The van der Waals surface area contributed by atoms with Gasteiger partial charge in [0.1, 0.15) is 11.5 Å². The van der Waals surface area contributed by atoms with E-state index in [0.717, 1.165) is 29.2 Å². The lowest BCUT2D eigenvalue weighted by atomic mass is 10.1. The molecule has 0 fully saturated rings. The van der Waals surface area contributed by atoms with Gasteiger partial charge in [0.25, 0.3) is 0 Å². The van der Waals surface area contributed by atoms with E-state index in [-0.39, 0.29) is 11.2 Å². The van der Waals surface area contributed by atoms with Crippen LogP contribution in [0.1, 0.15) is 18.9 Å². The number of hydrogen-bond acceptors (Lipinski definition) is 4. The van der Waals surface area contributed by atoms with Crippen LogP contribution in [0.15, 0.2) is 53.4 Å². The zero-order valence-corrected chi connectivity index (χ0v) is 15.8. The van der Waals surface area contributed by atoms with E-state index in [1.165, 1.54) is 5.56 Å². The molecule has 0 radical (unpaired) electrons. The van der Waals surface area contributed by atoms with Crippen LogP contribution in [-0.4, -0.2) is 31.9 Å². The molecule has 2 rings (SSSR count). The van der Waals surface area contributed by atoms with Gasteiger partial charge in [0.05, 0.1) is 19.5 Å². The Kier molecular flexibility index (Phi) is 7.67. The Balaban J connectivity index is 1.73. The summed E-state index contributed by atoms with van der Waals surface area (Å²) in [6, 6.07) is 15.7. The summed E-state index contributed by atoms with van der Waals surface area (Å²) in [5, 5.41) is 2.87. The summed E-state index contributed by atoms with van der Waals surface area (Å²) in [6.07, 6.45) is 1.76. The van der Waals surface area contributed by atoms with Gasteiger partial charge < -0.3 is 14.8 Å². The van der Waals surface area contributed by atoms with Crippen molar-refractivity contribution in [3.05, 3.63) is 54.1 Å². The van der Waals surface area contributed by atoms with Crippen LogP contribution in [0.4, 0.5) is 0 Å². The van der Waals surface area contributed by atoms with Crippen molar-refractivity contribution in [1.29, 1.82) is 0 Å². The van der Waals surface area contributed by atoms with Crippen molar-refractivity contribution in [3.8, 4) is 11.5 Å². The fourth-order valence-electron chi connectivity index (χ4n) is 2.46. The Morgan fingerprint density at radius 1 is 1.08 bits per heavy atom. The van der Waals surface area contributed by atoms with Crippen molar-refractivity contribution in [2.24, 2.45) is 0 Å². The lowest BCUT2D eigenvalue weighted by Crippen LogP contribution is -2.31. The van der Waals surface area contributed by atoms with Gasteiger partial charge in [-0.2, -0.15) is 0 Å². The maximum Gasteiger partial charge on any atom is 0.233 e. The highest BCUT2D eigenvalue weighted by Crippen LogP contribution is 2.25. The topological polar surface area (TPSA) is 47.6 Å². The average molecular weight is 359 g/mol. The van der Waals surface area contributed by atoms with E-state index in [0.29, 0.717) is 6.54 Å². The van der Waals surface area contributed by atoms with Crippen molar-refractivity contribution in [2.45, 2.75) is 29.9 Å². The second-order valence-corrected chi connectivity index (χ2v) is 7.06. The number of rotatable bonds is 9. The first-order chi connectivity index (χ1) is 12.1. The molecule has 2 aromatic rings. The van der Waals surface area contributed by atoms with Gasteiger partial charge in [-0.1, -0.05) is 18.2 Å². The van der Waals surface area contributed by atoms with Crippen molar-refractivity contribution < 1.29 is 14.3 Å². The van der Waals surface area contributed by atoms with Gasteiger partial charge >= 0.3 is 0 Å². The number of hydrogen-bond donors (Lipinski definition) is 1. The van der Waals surface area contributed by atoms with Gasteiger partial charge in [0, 0.05) is 11.4 Å². The van der Waals surface area contributed by atoms with Crippen molar-refractivity contribution >= 4 is 17.7 Å². The van der Waals surface area contributed by atoms with E-state index < -0.39 is 0 Å². The van der Waals surface area contributed by atoms with Crippen LogP contribution >= 0.6 is 11.8 Å². The number of ether oxygens (including phenoxy) is 2. The van der Waals surface area contributed by atoms with Crippen LogP contribution < -0.4 is 14.8 Å². The SMILES string of the molecule is COc1ccc(S[C@@H](C)C(=O)NCCCc2ccccc2OC)cc1. The van der Waals surface area contributed by atoms with Gasteiger partial charge in [0.15, 0.2) is 0 Å². The molecule has 0 saturated carbocycles. The first kappa shape index (κ1) is 19.2. The minimum atomic E-state index is -0.139. The van der Waals surface area contributed by atoms with Crippen molar-refractivity contribution in [2.75, 3.05) is 20.8 Å². The van der Waals surface area contributed by atoms with Gasteiger partial charge in [-0.05, 0) is 55.7 Å². The fraction of sp³-hybridized carbons (Fsp3) is 0.350. The summed E-state index contributed by atoms with van der Waals surface area (Å²) in [6.45, 7) is 2.58. The predicted molar refractivity (Wildman–Crippen MR) is 103 cm³/mol. The van der Waals surface area contributed by atoms with Gasteiger partial charge in [0.2, 0.25) is 5.91 Å². The van der Waals surface area contributed by atoms with Crippen LogP contribution in [0.2, 0.25) is 0 Å². The molecule has 0 spiro atoms. The number of benzene rings is 2. The van der Waals surface area contributed by atoms with Gasteiger partial charge in [-0.15, -0.1) is 11.8 Å². The monoisotopic (exact) mass is 359 g/mol. The lowest BCUT2D eigenvalue weighted by molar-refractivity contribution is -0.120. The zero-order chi connectivity index (χ0) is 18.1. The molecule has 0 bridgehead atoms. The highest BCUT2D eigenvalue weighted by atomic mass is 32.2. The quantitative estimate of drug-likeness (QED) is 0.544. The number of aryl methyl sites for hydroxylation is 1. The van der Waals surface area contributed by atoms with Gasteiger partial charge in [-0.25, -0.2) is 0 Å². The molecule has 0 saturated heterocycles. The Labute approximate surface area is 153 Å². The first-order valence-electron chi connectivity index (χ1n) is 8.34. The normalized spacial score (nSPS) is 11.6. The van der Waals surface area contributed by atoms with Crippen molar-refractivity contribution in [3.63, 3.8) is 0 Å². The number of para-hydroxylation sites is 1. The Hall–Kier alpha value is -2.14. The molecule has 1 amide bonds. The second kappa shape index (κ2) is 9.99. The van der Waals surface area contributed by atoms with Crippen LogP contribution in [0.3, 0.4) is 0 Å². The number of amides is 1. The molecule has 1 N–H and O–H groups in total. The number of nitrogens with one attached hydrogen (secondary N) is 1. The molecule has 0 aromatic heterocycles. The molecule has 134 valence electrons. The molecule has 0 unspecified atom stereocenters. The molecule has 0 heterocycles. The van der Waals surface area contributed by atoms with Crippen LogP contribution in [0.25, 0.3) is 0 Å². The zero-order valence-electron chi connectivity index (χ0n) is 15.0. The summed E-state index contributed by atoms with van der Waals surface area (Å²) < 4.78 is 10.5. The maximum atomic E-state index is 12.2. The molecule has 4 nitrogen and oxygen atoms in total. The average Bonchev–Trinajstić information content (AvgIpc) is 2.65. The summed E-state index contributed by atoms with van der Waals surface area (Å²) >= 11 is 1.54. The maximum absolute atomic E-state index is 12.2. The van der Waals surface area contributed by atoms with E-state index in [1.54, 1.807) is 26.0 Å². The molecule has 5 heteroatoms. The second-order valence-electron chi connectivity index (χ2n) is 5.64. The molecule has 0 aliphatic heterocycles. The summed E-state index contributed by atoms with van der Waals surface area (Å²) in [5.74, 6) is 1.77. The molecule has 2 aromatic carbocycles. The van der Waals surface area contributed by atoms with E-state index in [4.69, 9.17) is 9.47 Å². The third-order valence-electron chi connectivity index (χ3n) is 3.86. The minimum absolute atomic E-state index is 0.0563. The third kappa shape index (κ3) is 6.02. The Morgan fingerprint density at radius 2 is 1.80 bits per heavy atom. The molecular formula is C20H25NO3S. The first-order valence-corrected chi connectivity index (χ1v) is 9.22. The van der Waals surface area contributed by atoms with E-state index in [2.05, 4.69) is 11.4 Å². The number of thioether (sulfide) groups is 1.